The molecule has 0 saturated heterocycles. The van der Waals surface area contributed by atoms with E-state index in [-0.39, 0.29) is 18.1 Å². The number of nitrogens with zero attached hydrogens (tertiary/aromatic N) is 2. The third-order valence-electron chi connectivity index (χ3n) is 3.13. The molecular weight excluding hydrogens is 328 g/mol. The Morgan fingerprint density at radius 1 is 1.33 bits per heavy atom. The number of nitrogens with one attached hydrogen (secondary N) is 2. The second kappa shape index (κ2) is 7.05. The van der Waals surface area contributed by atoms with E-state index in [1.807, 2.05) is 17.5 Å². The number of ether oxygens (including phenoxy) is 1. The van der Waals surface area contributed by atoms with Crippen molar-refractivity contribution in [3.8, 4) is 0 Å². The van der Waals surface area contributed by atoms with Gasteiger partial charge in [0.25, 0.3) is 0 Å². The third kappa shape index (κ3) is 3.33. The van der Waals surface area contributed by atoms with Crippen molar-refractivity contribution in [2.45, 2.75) is 6.92 Å². The molecule has 122 valence electrons. The van der Waals surface area contributed by atoms with Gasteiger partial charge in [-0.1, -0.05) is 18.2 Å². The summed E-state index contributed by atoms with van der Waals surface area (Å²) < 4.78 is 5.04. The zero-order chi connectivity index (χ0) is 16.9. The van der Waals surface area contributed by atoms with Gasteiger partial charge in [-0.15, -0.1) is 11.3 Å². The van der Waals surface area contributed by atoms with Crippen LogP contribution in [-0.2, 0) is 9.53 Å². The average Bonchev–Trinajstić information content (AvgIpc) is 3.09. The molecular formula is C16H14N4O3S. The van der Waals surface area contributed by atoms with Crippen LogP contribution < -0.4 is 11.1 Å². The van der Waals surface area contributed by atoms with Crippen LogP contribution in [0.25, 0.3) is 10.9 Å². The summed E-state index contributed by atoms with van der Waals surface area (Å²) in [6, 6.07) is 10.8. The number of hydrazone groups is 1. The number of hydrogen-bond acceptors (Lipinski definition) is 7. The maximum absolute atomic E-state index is 12.1. The zero-order valence-corrected chi connectivity index (χ0v) is 13.6. The fourth-order valence-corrected chi connectivity index (χ4v) is 2.81. The first-order valence-corrected chi connectivity index (χ1v) is 8.10. The van der Waals surface area contributed by atoms with Gasteiger partial charge in [-0.05, 0) is 30.5 Å². The van der Waals surface area contributed by atoms with Gasteiger partial charge in [0, 0.05) is 5.39 Å². The summed E-state index contributed by atoms with van der Waals surface area (Å²) in [5, 5.41) is 6.66. The van der Waals surface area contributed by atoms with E-state index in [0.717, 1.165) is 0 Å². The number of anilines is 1. The standard InChI is InChI=1S/C16H14N4O3S/c1-2-23-15(21)13(12-8-5-9-24-12)19-20-14-10-6-3-4-7-11(10)17-16(22)18-14/h3-9H,2H2,1H3,(H2,17,18,20,22)/b19-13+. The van der Waals surface area contributed by atoms with Gasteiger partial charge in [-0.3, -0.25) is 5.43 Å². The molecule has 0 unspecified atom stereocenters. The molecule has 0 fully saturated rings. The fraction of sp³-hybridized carbons (Fsp3) is 0.125. The SMILES string of the molecule is CCOC(=O)/C(=N/Nc1nc(=O)[nH]c2ccccc12)c1cccs1. The van der Waals surface area contributed by atoms with Crippen molar-refractivity contribution in [2.24, 2.45) is 5.10 Å². The summed E-state index contributed by atoms with van der Waals surface area (Å²) in [7, 11) is 0. The minimum Gasteiger partial charge on any atom is -0.461 e. The molecule has 24 heavy (non-hydrogen) atoms. The Morgan fingerprint density at radius 2 is 2.17 bits per heavy atom. The van der Waals surface area contributed by atoms with E-state index in [0.29, 0.717) is 15.8 Å². The van der Waals surface area contributed by atoms with E-state index in [1.165, 1.54) is 11.3 Å². The number of hydrogen-bond donors (Lipinski definition) is 2. The van der Waals surface area contributed by atoms with Gasteiger partial charge in [-0.25, -0.2) is 9.59 Å². The first kappa shape index (κ1) is 15.9. The normalized spacial score (nSPS) is 11.5. The monoisotopic (exact) mass is 342 g/mol. The molecule has 2 aromatic heterocycles. The van der Waals surface area contributed by atoms with Gasteiger partial charge in [0.1, 0.15) is 0 Å². The van der Waals surface area contributed by atoms with Crippen LogP contribution in [0.15, 0.2) is 51.7 Å². The number of thiophene rings is 1. The lowest BCUT2D eigenvalue weighted by atomic mass is 10.2. The van der Waals surface area contributed by atoms with Crippen LogP contribution in [0.3, 0.4) is 0 Å². The second-order valence-corrected chi connectivity index (χ2v) is 5.65. The maximum Gasteiger partial charge on any atom is 0.360 e. The molecule has 7 nitrogen and oxygen atoms in total. The lowest BCUT2D eigenvalue weighted by molar-refractivity contribution is -0.134. The van der Waals surface area contributed by atoms with Gasteiger partial charge in [0.2, 0.25) is 0 Å². The Balaban J connectivity index is 2.01. The number of aromatic nitrogens is 2. The highest BCUT2D eigenvalue weighted by molar-refractivity contribution is 7.13. The molecule has 0 amide bonds. The number of esters is 1. The molecule has 0 atom stereocenters. The average molecular weight is 342 g/mol. The summed E-state index contributed by atoms with van der Waals surface area (Å²) in [4.78, 5) is 31.0. The summed E-state index contributed by atoms with van der Waals surface area (Å²) in [6.07, 6.45) is 0. The Labute approximate surface area is 141 Å². The van der Waals surface area contributed by atoms with Crippen molar-refractivity contribution in [1.29, 1.82) is 0 Å². The minimum atomic E-state index is -0.540. The molecule has 1 aromatic carbocycles. The van der Waals surface area contributed by atoms with Gasteiger partial charge in [-0.2, -0.15) is 10.1 Å². The highest BCUT2D eigenvalue weighted by Gasteiger charge is 2.17. The van der Waals surface area contributed by atoms with Crippen LogP contribution in [0.4, 0.5) is 5.82 Å². The summed E-state index contributed by atoms with van der Waals surface area (Å²) >= 11 is 1.37. The molecule has 0 aliphatic heterocycles. The van der Waals surface area contributed by atoms with E-state index < -0.39 is 11.7 Å². The molecule has 3 rings (SSSR count). The minimum absolute atomic E-state index is 0.137. The lowest BCUT2D eigenvalue weighted by Gasteiger charge is -2.07. The van der Waals surface area contributed by atoms with Crippen molar-refractivity contribution >= 4 is 39.7 Å². The van der Waals surface area contributed by atoms with E-state index in [2.05, 4.69) is 20.5 Å². The summed E-state index contributed by atoms with van der Waals surface area (Å²) in [5.74, 6) is -0.269. The molecule has 0 aliphatic carbocycles. The number of H-pyrrole nitrogens is 1. The lowest BCUT2D eigenvalue weighted by Crippen LogP contribution is -2.20. The fourth-order valence-electron chi connectivity index (χ4n) is 2.11. The van der Waals surface area contributed by atoms with Gasteiger partial charge >= 0.3 is 11.7 Å². The molecule has 0 spiro atoms. The van der Waals surface area contributed by atoms with Gasteiger partial charge in [0.05, 0.1) is 17.0 Å². The summed E-state index contributed by atoms with van der Waals surface area (Å²) in [6.45, 7) is 1.97. The van der Waals surface area contributed by atoms with Crippen molar-refractivity contribution in [2.75, 3.05) is 12.0 Å². The highest BCUT2D eigenvalue weighted by atomic mass is 32.1. The van der Waals surface area contributed by atoms with Crippen LogP contribution >= 0.6 is 11.3 Å². The van der Waals surface area contributed by atoms with Gasteiger partial charge in [0.15, 0.2) is 11.5 Å². The first-order chi connectivity index (χ1) is 11.7. The van der Waals surface area contributed by atoms with Crippen LogP contribution in [0.5, 0.6) is 0 Å². The van der Waals surface area contributed by atoms with Crippen LogP contribution in [0.2, 0.25) is 0 Å². The number of aromatic amines is 1. The van der Waals surface area contributed by atoms with Crippen LogP contribution in [0, 0.1) is 0 Å². The Hall–Kier alpha value is -3.00. The number of carbonyl (C=O) groups is 1. The highest BCUT2D eigenvalue weighted by Crippen LogP contribution is 2.18. The van der Waals surface area contributed by atoms with Gasteiger partial charge < -0.3 is 9.72 Å². The van der Waals surface area contributed by atoms with Crippen molar-refractivity contribution in [1.82, 2.24) is 9.97 Å². The quantitative estimate of drug-likeness (QED) is 0.421. The molecule has 2 heterocycles. The molecule has 0 saturated carbocycles. The van der Waals surface area contributed by atoms with E-state index >= 15 is 0 Å². The number of benzene rings is 1. The van der Waals surface area contributed by atoms with E-state index in [9.17, 15) is 9.59 Å². The van der Waals surface area contributed by atoms with Crippen molar-refractivity contribution in [3.63, 3.8) is 0 Å². The third-order valence-corrected chi connectivity index (χ3v) is 4.01. The number of carbonyl (C=O) groups excluding carboxylic acids is 1. The number of rotatable bonds is 5. The number of fused-ring (bicyclic) bond motifs is 1. The Bertz CT molecular complexity index is 947. The Kier molecular flexibility index (Phi) is 4.66. The zero-order valence-electron chi connectivity index (χ0n) is 12.8. The Morgan fingerprint density at radius 3 is 2.92 bits per heavy atom. The van der Waals surface area contributed by atoms with Crippen LogP contribution in [-0.4, -0.2) is 28.3 Å². The molecule has 0 radical (unpaired) electrons. The predicted octanol–water partition coefficient (Wildman–Crippen LogP) is 2.36. The maximum atomic E-state index is 12.1. The first-order valence-electron chi connectivity index (χ1n) is 7.23. The molecule has 3 aromatic rings. The molecule has 0 aliphatic rings. The predicted molar refractivity (Wildman–Crippen MR) is 93.5 cm³/mol. The molecule has 2 N–H and O–H groups in total. The van der Waals surface area contributed by atoms with E-state index in [1.54, 1.807) is 31.2 Å². The topological polar surface area (TPSA) is 96.4 Å². The second-order valence-electron chi connectivity index (χ2n) is 4.71. The van der Waals surface area contributed by atoms with Crippen molar-refractivity contribution in [3.05, 3.63) is 57.1 Å². The van der Waals surface area contributed by atoms with E-state index in [4.69, 9.17) is 4.74 Å². The number of para-hydroxylation sites is 1. The van der Waals surface area contributed by atoms with Crippen LogP contribution in [0.1, 0.15) is 11.8 Å². The summed E-state index contributed by atoms with van der Waals surface area (Å²) in [5.41, 5.74) is 2.98. The smallest absolute Gasteiger partial charge is 0.360 e. The largest absolute Gasteiger partial charge is 0.461 e. The molecule has 8 heteroatoms. The van der Waals surface area contributed by atoms with Crippen molar-refractivity contribution < 1.29 is 9.53 Å². The molecule has 0 bridgehead atoms.